The molecule has 2 amide bonds. The van der Waals surface area contributed by atoms with Gasteiger partial charge in [-0.15, -0.1) is 0 Å². The second kappa shape index (κ2) is 6.41. The minimum atomic E-state index is -0.772. The van der Waals surface area contributed by atoms with Gasteiger partial charge < -0.3 is 14.5 Å². The van der Waals surface area contributed by atoms with Crippen molar-refractivity contribution in [2.45, 2.75) is 0 Å². The molecule has 2 heterocycles. The summed E-state index contributed by atoms with van der Waals surface area (Å²) in [6.45, 7) is 0. The van der Waals surface area contributed by atoms with Crippen LogP contribution in [0.3, 0.4) is 0 Å². The number of hydrogen-bond acceptors (Lipinski definition) is 3. The lowest BCUT2D eigenvalue weighted by molar-refractivity contribution is 0.102. The topological polar surface area (TPSA) is 71.8 Å². The van der Waals surface area contributed by atoms with Gasteiger partial charge in [-0.2, -0.15) is 0 Å². The molecule has 0 unspecified atom stereocenters. The van der Waals surface area contributed by atoms with Gasteiger partial charge in [0, 0.05) is 23.6 Å². The van der Waals surface area contributed by atoms with Gasteiger partial charge >= 0.3 is 6.09 Å². The van der Waals surface area contributed by atoms with E-state index in [2.05, 4.69) is 15.4 Å². The number of nitrogens with zero attached hydrogens (tertiary/aromatic N) is 1. The smallest absolute Gasteiger partial charge is 0.411 e. The van der Waals surface area contributed by atoms with Crippen LogP contribution in [0.1, 0.15) is 10.4 Å². The quantitative estimate of drug-likeness (QED) is 0.773. The number of pyridine rings is 1. The molecule has 3 rings (SSSR count). The molecule has 0 atom stereocenters. The first-order chi connectivity index (χ1) is 11.6. The fourth-order valence-electron chi connectivity index (χ4n) is 2.24. The molecule has 24 heavy (non-hydrogen) atoms. The molecule has 1 aromatic carbocycles. The molecule has 0 bridgehead atoms. The van der Waals surface area contributed by atoms with E-state index in [-0.39, 0.29) is 17.3 Å². The maximum absolute atomic E-state index is 13.9. The Hall–Kier alpha value is -3.35. The van der Waals surface area contributed by atoms with Crippen LogP contribution < -0.4 is 10.6 Å². The number of hydrogen-bond donors (Lipinski definition) is 2. The van der Waals surface area contributed by atoms with E-state index in [1.807, 2.05) is 28.8 Å². The molecule has 2 aromatic heterocycles. The number of nitrogens with one attached hydrogen (secondary N) is 2. The van der Waals surface area contributed by atoms with E-state index in [1.54, 1.807) is 12.3 Å². The van der Waals surface area contributed by atoms with Crippen LogP contribution in [0.4, 0.5) is 20.6 Å². The predicted molar refractivity (Wildman–Crippen MR) is 87.8 cm³/mol. The lowest BCUT2D eigenvalue weighted by Crippen LogP contribution is -2.13. The van der Waals surface area contributed by atoms with Crippen molar-refractivity contribution in [3.8, 4) is 0 Å². The number of methoxy groups -OCH3 is 1. The second-order valence-corrected chi connectivity index (χ2v) is 5.03. The number of halogens is 1. The van der Waals surface area contributed by atoms with Gasteiger partial charge in [0.25, 0.3) is 5.91 Å². The largest absolute Gasteiger partial charge is 0.453 e. The molecule has 0 radical (unpaired) electrons. The SMILES string of the molecule is COC(=O)Nc1ccc(NC(=O)c2cc3ccccn3c2)cc1F. The third-order valence-corrected chi connectivity index (χ3v) is 3.42. The predicted octanol–water partition coefficient (Wildman–Crippen LogP) is 3.51. The molecule has 0 saturated carbocycles. The van der Waals surface area contributed by atoms with Crippen molar-refractivity contribution < 1.29 is 18.7 Å². The first-order valence-corrected chi connectivity index (χ1v) is 7.09. The molecule has 0 fully saturated rings. The van der Waals surface area contributed by atoms with Crippen molar-refractivity contribution in [1.82, 2.24) is 4.40 Å². The van der Waals surface area contributed by atoms with Gasteiger partial charge in [0.05, 0.1) is 18.4 Å². The summed E-state index contributed by atoms with van der Waals surface area (Å²) in [6.07, 6.45) is 2.75. The third kappa shape index (κ3) is 3.19. The average molecular weight is 327 g/mol. The normalized spacial score (nSPS) is 10.4. The van der Waals surface area contributed by atoms with Gasteiger partial charge in [-0.1, -0.05) is 6.07 Å². The van der Waals surface area contributed by atoms with E-state index >= 15 is 0 Å². The van der Waals surface area contributed by atoms with Crippen molar-refractivity contribution in [2.75, 3.05) is 17.7 Å². The summed E-state index contributed by atoms with van der Waals surface area (Å²) in [5.41, 5.74) is 1.59. The van der Waals surface area contributed by atoms with Crippen molar-refractivity contribution in [3.05, 3.63) is 66.2 Å². The Labute approximate surface area is 136 Å². The van der Waals surface area contributed by atoms with Crippen LogP contribution in [0.2, 0.25) is 0 Å². The zero-order valence-electron chi connectivity index (χ0n) is 12.7. The summed E-state index contributed by atoms with van der Waals surface area (Å²) in [5.74, 6) is -1.04. The van der Waals surface area contributed by atoms with E-state index in [1.165, 1.54) is 19.2 Å². The van der Waals surface area contributed by atoms with Gasteiger partial charge in [-0.25, -0.2) is 9.18 Å². The number of fused-ring (bicyclic) bond motifs is 1. The molecule has 3 aromatic rings. The van der Waals surface area contributed by atoms with Gasteiger partial charge in [0.2, 0.25) is 0 Å². The summed E-state index contributed by atoms with van der Waals surface area (Å²) >= 11 is 0. The van der Waals surface area contributed by atoms with Crippen molar-refractivity contribution in [3.63, 3.8) is 0 Å². The highest BCUT2D eigenvalue weighted by molar-refractivity contribution is 6.05. The number of carbonyl (C=O) groups excluding carboxylic acids is 2. The average Bonchev–Trinajstić information content (AvgIpc) is 3.01. The van der Waals surface area contributed by atoms with Crippen molar-refractivity contribution >= 4 is 28.9 Å². The van der Waals surface area contributed by atoms with E-state index in [4.69, 9.17) is 0 Å². The van der Waals surface area contributed by atoms with Gasteiger partial charge in [-0.3, -0.25) is 10.1 Å². The molecule has 122 valence electrons. The summed E-state index contributed by atoms with van der Waals surface area (Å²) in [7, 11) is 1.18. The Balaban J connectivity index is 1.76. The maximum atomic E-state index is 13.9. The van der Waals surface area contributed by atoms with Crippen LogP contribution in [-0.2, 0) is 4.74 Å². The van der Waals surface area contributed by atoms with Crippen LogP contribution in [0, 0.1) is 5.82 Å². The Morgan fingerprint density at radius 3 is 2.67 bits per heavy atom. The number of benzene rings is 1. The monoisotopic (exact) mass is 327 g/mol. The first-order valence-electron chi connectivity index (χ1n) is 7.09. The Kier molecular flexibility index (Phi) is 4.15. The van der Waals surface area contributed by atoms with Crippen molar-refractivity contribution in [1.29, 1.82) is 0 Å². The van der Waals surface area contributed by atoms with E-state index in [9.17, 15) is 14.0 Å². The molecule has 6 nitrogen and oxygen atoms in total. The highest BCUT2D eigenvalue weighted by atomic mass is 19.1. The number of rotatable bonds is 3. The molecule has 0 aliphatic carbocycles. The Bertz CT molecular complexity index is 887. The molecular formula is C17H14FN3O3. The third-order valence-electron chi connectivity index (χ3n) is 3.42. The number of ether oxygens (including phenoxy) is 1. The minimum Gasteiger partial charge on any atom is -0.453 e. The Morgan fingerprint density at radius 2 is 1.96 bits per heavy atom. The molecule has 0 aliphatic heterocycles. The lowest BCUT2D eigenvalue weighted by atomic mass is 10.2. The van der Waals surface area contributed by atoms with E-state index < -0.39 is 11.9 Å². The highest BCUT2D eigenvalue weighted by Crippen LogP contribution is 2.20. The number of aromatic nitrogens is 1. The van der Waals surface area contributed by atoms with Gasteiger partial charge in [0.1, 0.15) is 5.82 Å². The van der Waals surface area contributed by atoms with Crippen LogP contribution >= 0.6 is 0 Å². The van der Waals surface area contributed by atoms with Crippen LogP contribution in [-0.4, -0.2) is 23.5 Å². The molecule has 7 heteroatoms. The van der Waals surface area contributed by atoms with Crippen LogP contribution in [0.15, 0.2) is 54.9 Å². The molecule has 0 saturated heterocycles. The standard InChI is InChI=1S/C17H14FN3O3/c1-24-17(23)20-15-6-5-12(9-14(15)18)19-16(22)11-8-13-4-2-3-7-21(13)10-11/h2-10H,1H3,(H,19,22)(H,20,23). The van der Waals surface area contributed by atoms with Crippen molar-refractivity contribution in [2.24, 2.45) is 0 Å². The zero-order valence-corrected chi connectivity index (χ0v) is 12.7. The fourth-order valence-corrected chi connectivity index (χ4v) is 2.24. The molecule has 0 aliphatic rings. The molecule has 2 N–H and O–H groups in total. The summed E-state index contributed by atoms with van der Waals surface area (Å²) in [6, 6.07) is 11.3. The second-order valence-electron chi connectivity index (χ2n) is 5.03. The summed E-state index contributed by atoms with van der Waals surface area (Å²) in [4.78, 5) is 23.4. The van der Waals surface area contributed by atoms with Crippen LogP contribution in [0.25, 0.3) is 5.52 Å². The van der Waals surface area contributed by atoms with Crippen LogP contribution in [0.5, 0.6) is 0 Å². The number of carbonyl (C=O) groups is 2. The number of amides is 2. The Morgan fingerprint density at radius 1 is 1.12 bits per heavy atom. The summed E-state index contributed by atoms with van der Waals surface area (Å²) in [5, 5.41) is 4.86. The highest BCUT2D eigenvalue weighted by Gasteiger charge is 2.12. The van der Waals surface area contributed by atoms with Gasteiger partial charge in [-0.05, 0) is 36.4 Å². The first kappa shape index (κ1) is 15.5. The fraction of sp³-hybridized carbons (Fsp3) is 0.0588. The van der Waals surface area contributed by atoms with E-state index in [0.29, 0.717) is 5.56 Å². The van der Waals surface area contributed by atoms with E-state index in [0.717, 1.165) is 11.6 Å². The van der Waals surface area contributed by atoms with Gasteiger partial charge in [0.15, 0.2) is 0 Å². The lowest BCUT2D eigenvalue weighted by Gasteiger charge is -2.08. The molecular weight excluding hydrogens is 313 g/mol. The maximum Gasteiger partial charge on any atom is 0.411 e. The number of anilines is 2. The summed E-state index contributed by atoms with van der Waals surface area (Å²) < 4.78 is 20.2. The minimum absolute atomic E-state index is 0.0329. The molecule has 0 spiro atoms. The zero-order chi connectivity index (χ0) is 17.1.